The quantitative estimate of drug-likeness (QED) is 0.339. The number of guanidine groups is 1. The molecule has 1 spiro atoms. The normalized spacial score (nSPS) is 24.2. The summed E-state index contributed by atoms with van der Waals surface area (Å²) < 4.78 is 42.8. The standard InChI is InChI=1S/C16H27F3N4O2.HI/c1-4-25-12-8-11(15(12)6-5-7-15)22-14(20-2)21-9-13(24)23(3)10-16(17,18)19;/h11-12H,4-10H2,1-3H3,(H2,20,21,22);1H. The van der Waals surface area contributed by atoms with Gasteiger partial charge in [-0.1, -0.05) is 6.42 Å². The minimum Gasteiger partial charge on any atom is -0.378 e. The van der Waals surface area contributed by atoms with Crippen LogP contribution in [0.1, 0.15) is 32.6 Å². The van der Waals surface area contributed by atoms with E-state index in [1.54, 1.807) is 7.05 Å². The summed E-state index contributed by atoms with van der Waals surface area (Å²) >= 11 is 0. The molecule has 2 aliphatic rings. The Labute approximate surface area is 169 Å². The van der Waals surface area contributed by atoms with Crippen LogP contribution in [0.2, 0.25) is 0 Å². The van der Waals surface area contributed by atoms with Gasteiger partial charge in [0.2, 0.25) is 5.91 Å². The Morgan fingerprint density at radius 2 is 2.04 bits per heavy atom. The van der Waals surface area contributed by atoms with E-state index in [4.69, 9.17) is 4.74 Å². The minimum atomic E-state index is -4.40. The van der Waals surface area contributed by atoms with E-state index < -0.39 is 18.6 Å². The molecule has 0 aromatic heterocycles. The summed E-state index contributed by atoms with van der Waals surface area (Å²) in [6.07, 6.45) is 0.0899. The summed E-state index contributed by atoms with van der Waals surface area (Å²) in [5.41, 5.74) is 0.130. The molecule has 2 fully saturated rings. The van der Waals surface area contributed by atoms with Gasteiger partial charge in [-0.3, -0.25) is 9.79 Å². The van der Waals surface area contributed by atoms with Crippen LogP contribution in [-0.2, 0) is 9.53 Å². The lowest BCUT2D eigenvalue weighted by Gasteiger charge is -2.61. The molecular weight excluding hydrogens is 464 g/mol. The summed E-state index contributed by atoms with van der Waals surface area (Å²) in [5, 5.41) is 6.10. The van der Waals surface area contributed by atoms with Crippen LogP contribution < -0.4 is 10.6 Å². The molecule has 0 heterocycles. The van der Waals surface area contributed by atoms with Crippen molar-refractivity contribution in [3.8, 4) is 0 Å². The molecule has 2 rings (SSSR count). The molecule has 26 heavy (non-hydrogen) atoms. The minimum absolute atomic E-state index is 0. The predicted molar refractivity (Wildman–Crippen MR) is 104 cm³/mol. The number of hydrogen-bond donors (Lipinski definition) is 2. The summed E-state index contributed by atoms with van der Waals surface area (Å²) in [6, 6.07) is 0.215. The number of amides is 1. The van der Waals surface area contributed by atoms with E-state index in [9.17, 15) is 18.0 Å². The Hall–Kier alpha value is -0.780. The highest BCUT2D eigenvalue weighted by molar-refractivity contribution is 14.0. The molecule has 2 aliphatic carbocycles. The van der Waals surface area contributed by atoms with Gasteiger partial charge in [0.1, 0.15) is 6.54 Å². The summed E-state index contributed by atoms with van der Waals surface area (Å²) in [7, 11) is 2.71. The molecule has 0 saturated heterocycles. The number of likely N-dealkylation sites (N-methyl/N-ethyl adjacent to an activating group) is 1. The SMILES string of the molecule is CCOC1CC(NC(=NC)NCC(=O)N(C)CC(F)(F)F)C12CCC2.I. The van der Waals surface area contributed by atoms with Crippen LogP contribution in [0.25, 0.3) is 0 Å². The molecular formula is C16H28F3IN4O2. The van der Waals surface area contributed by atoms with Crippen molar-refractivity contribution in [3.63, 3.8) is 0 Å². The maximum absolute atomic E-state index is 12.3. The lowest BCUT2D eigenvalue weighted by Crippen LogP contribution is -2.68. The lowest BCUT2D eigenvalue weighted by molar-refractivity contribution is -0.168. The third kappa shape index (κ3) is 5.37. The molecule has 0 aromatic carbocycles. The second-order valence-electron chi connectivity index (χ2n) is 6.75. The van der Waals surface area contributed by atoms with Crippen LogP contribution in [0.4, 0.5) is 13.2 Å². The van der Waals surface area contributed by atoms with Crippen LogP contribution in [0, 0.1) is 5.41 Å². The smallest absolute Gasteiger partial charge is 0.378 e. The van der Waals surface area contributed by atoms with Gasteiger partial charge in [-0.05, 0) is 26.2 Å². The van der Waals surface area contributed by atoms with Crippen LogP contribution in [-0.4, -0.2) is 68.9 Å². The second kappa shape index (κ2) is 9.43. The van der Waals surface area contributed by atoms with Crippen LogP contribution in [0.15, 0.2) is 4.99 Å². The second-order valence-corrected chi connectivity index (χ2v) is 6.75. The fourth-order valence-electron chi connectivity index (χ4n) is 3.65. The monoisotopic (exact) mass is 492 g/mol. The molecule has 2 unspecified atom stereocenters. The van der Waals surface area contributed by atoms with Crippen LogP contribution in [0.5, 0.6) is 0 Å². The zero-order valence-electron chi connectivity index (χ0n) is 15.4. The average molecular weight is 492 g/mol. The first-order chi connectivity index (χ1) is 11.7. The van der Waals surface area contributed by atoms with Crippen molar-refractivity contribution in [1.29, 1.82) is 0 Å². The Morgan fingerprint density at radius 1 is 1.38 bits per heavy atom. The third-order valence-corrected chi connectivity index (χ3v) is 5.22. The fourth-order valence-corrected chi connectivity index (χ4v) is 3.65. The molecule has 1 amide bonds. The number of nitrogens with zero attached hydrogens (tertiary/aromatic N) is 2. The number of halogens is 4. The molecule has 0 bridgehead atoms. The Balaban J connectivity index is 0.00000338. The topological polar surface area (TPSA) is 66.0 Å². The number of ether oxygens (including phenoxy) is 1. The molecule has 0 radical (unpaired) electrons. The fraction of sp³-hybridized carbons (Fsp3) is 0.875. The number of alkyl halides is 3. The molecule has 152 valence electrons. The maximum atomic E-state index is 12.3. The first-order valence-corrected chi connectivity index (χ1v) is 8.61. The van der Waals surface area contributed by atoms with Crippen LogP contribution in [0.3, 0.4) is 0 Å². The zero-order valence-corrected chi connectivity index (χ0v) is 17.7. The van der Waals surface area contributed by atoms with E-state index in [1.165, 1.54) is 6.42 Å². The molecule has 0 aromatic rings. The molecule has 0 aliphatic heterocycles. The van der Waals surface area contributed by atoms with E-state index in [-0.39, 0.29) is 48.1 Å². The highest BCUT2D eigenvalue weighted by Crippen LogP contribution is 2.57. The highest BCUT2D eigenvalue weighted by Gasteiger charge is 2.59. The van der Waals surface area contributed by atoms with E-state index in [2.05, 4.69) is 15.6 Å². The number of aliphatic imine (C=N–C) groups is 1. The van der Waals surface area contributed by atoms with Crippen molar-refractivity contribution >= 4 is 35.8 Å². The van der Waals surface area contributed by atoms with Crippen molar-refractivity contribution < 1.29 is 22.7 Å². The van der Waals surface area contributed by atoms with Crippen molar-refractivity contribution in [1.82, 2.24) is 15.5 Å². The van der Waals surface area contributed by atoms with Gasteiger partial charge >= 0.3 is 6.18 Å². The summed E-state index contributed by atoms with van der Waals surface area (Å²) in [6.45, 7) is 1.17. The van der Waals surface area contributed by atoms with E-state index in [0.29, 0.717) is 17.5 Å². The van der Waals surface area contributed by atoms with Crippen molar-refractivity contribution in [2.75, 3.05) is 33.8 Å². The van der Waals surface area contributed by atoms with E-state index in [1.807, 2.05) is 6.92 Å². The van der Waals surface area contributed by atoms with Gasteiger partial charge in [0.15, 0.2) is 5.96 Å². The number of carbonyl (C=O) groups excluding carboxylic acids is 1. The highest BCUT2D eigenvalue weighted by atomic mass is 127. The lowest BCUT2D eigenvalue weighted by atomic mass is 9.51. The first-order valence-electron chi connectivity index (χ1n) is 8.61. The van der Waals surface area contributed by atoms with Crippen molar-refractivity contribution in [2.45, 2.75) is 50.9 Å². The number of rotatable bonds is 6. The maximum Gasteiger partial charge on any atom is 0.406 e. The molecule has 2 N–H and O–H groups in total. The Kier molecular flexibility index (Phi) is 8.43. The third-order valence-electron chi connectivity index (χ3n) is 5.22. The summed E-state index contributed by atoms with van der Waals surface area (Å²) in [5.74, 6) is -0.209. The van der Waals surface area contributed by atoms with Gasteiger partial charge in [-0.25, -0.2) is 0 Å². The van der Waals surface area contributed by atoms with Crippen molar-refractivity contribution in [3.05, 3.63) is 0 Å². The largest absolute Gasteiger partial charge is 0.406 e. The van der Waals surface area contributed by atoms with Gasteiger partial charge < -0.3 is 20.3 Å². The number of nitrogens with one attached hydrogen (secondary N) is 2. The molecule has 10 heteroatoms. The van der Waals surface area contributed by atoms with E-state index >= 15 is 0 Å². The van der Waals surface area contributed by atoms with Gasteiger partial charge in [0, 0.05) is 32.2 Å². The van der Waals surface area contributed by atoms with Crippen molar-refractivity contribution in [2.24, 2.45) is 10.4 Å². The molecule has 2 saturated carbocycles. The number of carbonyl (C=O) groups is 1. The number of hydrogen-bond acceptors (Lipinski definition) is 3. The Morgan fingerprint density at radius 3 is 2.50 bits per heavy atom. The molecule has 6 nitrogen and oxygen atoms in total. The van der Waals surface area contributed by atoms with Gasteiger partial charge in [0.05, 0.1) is 12.6 Å². The van der Waals surface area contributed by atoms with Crippen LogP contribution >= 0.6 is 24.0 Å². The molecule has 2 atom stereocenters. The predicted octanol–water partition coefficient (Wildman–Crippen LogP) is 2.14. The first kappa shape index (κ1) is 23.3. The zero-order chi connectivity index (χ0) is 18.7. The Bertz CT molecular complexity index is 512. The summed E-state index contributed by atoms with van der Waals surface area (Å²) in [4.78, 5) is 16.5. The average Bonchev–Trinajstić information content (AvgIpc) is 2.45. The van der Waals surface area contributed by atoms with E-state index in [0.717, 1.165) is 26.3 Å². The van der Waals surface area contributed by atoms with Gasteiger partial charge in [-0.2, -0.15) is 13.2 Å². The van der Waals surface area contributed by atoms with Gasteiger partial charge in [0.25, 0.3) is 0 Å². The van der Waals surface area contributed by atoms with Gasteiger partial charge in [-0.15, -0.1) is 24.0 Å².